The van der Waals surface area contributed by atoms with Gasteiger partial charge in [0.2, 0.25) is 0 Å². The van der Waals surface area contributed by atoms with Gasteiger partial charge in [0, 0.05) is 37.1 Å². The standard InChI is InChI=1S/C24H24N4O/c1-29-21-9-6-18(7-10-21)24-22(28-15-20(25)8-11-23(28)26-24)16-27-13-12-17-4-2-3-5-19(17)14-27/h2-11,15H,12-14,16,25H2,1H3. The van der Waals surface area contributed by atoms with Crippen LogP contribution < -0.4 is 10.5 Å². The largest absolute Gasteiger partial charge is 0.497 e. The number of nitrogen functional groups attached to an aromatic ring is 1. The Morgan fingerprint density at radius 3 is 2.59 bits per heavy atom. The summed E-state index contributed by atoms with van der Waals surface area (Å²) in [6, 6.07) is 20.7. The first-order valence-corrected chi connectivity index (χ1v) is 9.91. The number of pyridine rings is 1. The second-order valence-electron chi connectivity index (χ2n) is 7.56. The highest BCUT2D eigenvalue weighted by Gasteiger charge is 2.21. The van der Waals surface area contributed by atoms with Crippen molar-refractivity contribution < 1.29 is 4.74 Å². The van der Waals surface area contributed by atoms with Gasteiger partial charge in [-0.1, -0.05) is 24.3 Å². The third-order valence-electron chi connectivity index (χ3n) is 5.69. The van der Waals surface area contributed by atoms with Crippen LogP contribution in [0.15, 0.2) is 66.9 Å². The van der Waals surface area contributed by atoms with Crippen LogP contribution >= 0.6 is 0 Å². The van der Waals surface area contributed by atoms with Crippen molar-refractivity contribution in [3.8, 4) is 17.0 Å². The highest BCUT2D eigenvalue weighted by Crippen LogP contribution is 2.29. The molecule has 4 aromatic rings. The molecular weight excluding hydrogens is 360 g/mol. The Morgan fingerprint density at radius 2 is 1.79 bits per heavy atom. The fraction of sp³-hybridized carbons (Fsp3) is 0.208. The van der Waals surface area contributed by atoms with Crippen molar-refractivity contribution in [2.24, 2.45) is 0 Å². The number of imidazole rings is 1. The van der Waals surface area contributed by atoms with E-state index in [9.17, 15) is 0 Å². The van der Waals surface area contributed by atoms with Crippen LogP contribution in [0.3, 0.4) is 0 Å². The van der Waals surface area contributed by atoms with Gasteiger partial charge in [-0.3, -0.25) is 4.90 Å². The molecule has 0 atom stereocenters. The van der Waals surface area contributed by atoms with Crippen molar-refractivity contribution in [3.63, 3.8) is 0 Å². The predicted molar refractivity (Wildman–Crippen MR) is 116 cm³/mol. The molecule has 0 spiro atoms. The molecule has 0 aliphatic carbocycles. The Hall–Kier alpha value is -3.31. The second-order valence-corrected chi connectivity index (χ2v) is 7.56. The maximum absolute atomic E-state index is 6.10. The van der Waals surface area contributed by atoms with Crippen LogP contribution in [0.2, 0.25) is 0 Å². The molecule has 29 heavy (non-hydrogen) atoms. The first-order chi connectivity index (χ1) is 14.2. The number of nitrogens with zero attached hydrogens (tertiary/aromatic N) is 3. The van der Waals surface area contributed by atoms with E-state index in [1.807, 2.05) is 30.5 Å². The molecule has 0 unspecified atom stereocenters. The van der Waals surface area contributed by atoms with E-state index in [2.05, 4.69) is 45.7 Å². The molecule has 0 radical (unpaired) electrons. The highest BCUT2D eigenvalue weighted by molar-refractivity contribution is 5.68. The molecular formula is C24H24N4O. The number of ether oxygens (including phenoxy) is 1. The van der Waals surface area contributed by atoms with Crippen LogP contribution in [0.1, 0.15) is 16.8 Å². The Balaban J connectivity index is 1.55. The molecule has 0 fully saturated rings. The number of methoxy groups -OCH3 is 1. The Labute approximate surface area is 170 Å². The monoisotopic (exact) mass is 384 g/mol. The summed E-state index contributed by atoms with van der Waals surface area (Å²) >= 11 is 0. The fourth-order valence-electron chi connectivity index (χ4n) is 4.14. The van der Waals surface area contributed by atoms with E-state index in [1.54, 1.807) is 7.11 Å². The predicted octanol–water partition coefficient (Wildman–Crippen LogP) is 4.15. The van der Waals surface area contributed by atoms with Crippen molar-refractivity contribution in [1.29, 1.82) is 0 Å². The summed E-state index contributed by atoms with van der Waals surface area (Å²) < 4.78 is 7.45. The van der Waals surface area contributed by atoms with Crippen LogP contribution in [0.25, 0.3) is 16.9 Å². The average molecular weight is 384 g/mol. The molecule has 5 nitrogen and oxygen atoms in total. The van der Waals surface area contributed by atoms with E-state index in [0.29, 0.717) is 0 Å². The first-order valence-electron chi connectivity index (χ1n) is 9.91. The third-order valence-corrected chi connectivity index (χ3v) is 5.69. The number of rotatable bonds is 4. The molecule has 0 bridgehead atoms. The lowest BCUT2D eigenvalue weighted by atomic mass is 9.99. The zero-order valence-electron chi connectivity index (χ0n) is 16.5. The van der Waals surface area contributed by atoms with Crippen molar-refractivity contribution in [2.75, 3.05) is 19.4 Å². The number of hydrogen-bond donors (Lipinski definition) is 1. The number of benzene rings is 2. The molecule has 5 heteroatoms. The van der Waals surface area contributed by atoms with Crippen LogP contribution in [0.4, 0.5) is 5.69 Å². The molecule has 0 saturated heterocycles. The molecule has 2 aromatic carbocycles. The van der Waals surface area contributed by atoms with Gasteiger partial charge in [-0.15, -0.1) is 0 Å². The minimum absolute atomic E-state index is 0.737. The van der Waals surface area contributed by atoms with Gasteiger partial charge in [0.05, 0.1) is 18.5 Å². The quantitative estimate of drug-likeness (QED) is 0.574. The average Bonchev–Trinajstić information content (AvgIpc) is 3.11. The summed E-state index contributed by atoms with van der Waals surface area (Å²) in [7, 11) is 1.68. The molecule has 0 amide bonds. The topological polar surface area (TPSA) is 55.8 Å². The van der Waals surface area contributed by atoms with Gasteiger partial charge < -0.3 is 14.9 Å². The molecule has 2 N–H and O–H groups in total. The summed E-state index contributed by atoms with van der Waals surface area (Å²) in [5, 5.41) is 0. The lowest BCUT2D eigenvalue weighted by Gasteiger charge is -2.28. The maximum atomic E-state index is 6.10. The molecule has 1 aliphatic rings. The summed E-state index contributed by atoms with van der Waals surface area (Å²) in [6.07, 6.45) is 3.05. The summed E-state index contributed by atoms with van der Waals surface area (Å²) in [4.78, 5) is 7.42. The van der Waals surface area contributed by atoms with Gasteiger partial charge in [0.25, 0.3) is 0 Å². The summed E-state index contributed by atoms with van der Waals surface area (Å²) in [5.41, 5.74) is 13.9. The Kier molecular flexibility index (Phi) is 4.45. The van der Waals surface area contributed by atoms with Gasteiger partial charge in [-0.2, -0.15) is 0 Å². The first kappa shape index (κ1) is 17.8. The van der Waals surface area contributed by atoms with Crippen molar-refractivity contribution in [1.82, 2.24) is 14.3 Å². The van der Waals surface area contributed by atoms with Crippen molar-refractivity contribution >= 4 is 11.3 Å². The van der Waals surface area contributed by atoms with E-state index < -0.39 is 0 Å². The van der Waals surface area contributed by atoms with E-state index in [1.165, 1.54) is 11.1 Å². The summed E-state index contributed by atoms with van der Waals surface area (Å²) in [5.74, 6) is 0.843. The van der Waals surface area contributed by atoms with Crippen LogP contribution in [0, 0.1) is 0 Å². The molecule has 3 heterocycles. The number of nitrogens with two attached hydrogens (primary N) is 1. The fourth-order valence-corrected chi connectivity index (χ4v) is 4.14. The van der Waals surface area contributed by atoms with Gasteiger partial charge in [0.1, 0.15) is 11.4 Å². The SMILES string of the molecule is COc1ccc(-c2nc3ccc(N)cn3c2CN2CCc3ccccc3C2)cc1. The normalized spacial score (nSPS) is 14.1. The van der Waals surface area contributed by atoms with Crippen molar-refractivity contribution in [3.05, 3.63) is 83.7 Å². The minimum atomic E-state index is 0.737. The second kappa shape index (κ2) is 7.26. The van der Waals surface area contributed by atoms with E-state index in [4.69, 9.17) is 15.5 Å². The molecule has 5 rings (SSSR count). The van der Waals surface area contributed by atoms with Gasteiger partial charge in [-0.25, -0.2) is 4.98 Å². The van der Waals surface area contributed by atoms with Crippen molar-refractivity contribution in [2.45, 2.75) is 19.5 Å². The van der Waals surface area contributed by atoms with Gasteiger partial charge >= 0.3 is 0 Å². The van der Waals surface area contributed by atoms with E-state index in [-0.39, 0.29) is 0 Å². The van der Waals surface area contributed by atoms with Gasteiger partial charge in [-0.05, 0) is 53.9 Å². The van der Waals surface area contributed by atoms with Crippen LogP contribution in [-0.4, -0.2) is 27.9 Å². The number of aromatic nitrogens is 2. The summed E-state index contributed by atoms with van der Waals surface area (Å²) in [6.45, 7) is 2.81. The highest BCUT2D eigenvalue weighted by atomic mass is 16.5. The molecule has 1 aliphatic heterocycles. The zero-order valence-corrected chi connectivity index (χ0v) is 16.5. The lowest BCUT2D eigenvalue weighted by Crippen LogP contribution is -2.30. The number of anilines is 1. The number of fused-ring (bicyclic) bond motifs is 2. The van der Waals surface area contributed by atoms with E-state index in [0.717, 1.165) is 60.1 Å². The Bertz CT molecular complexity index is 1160. The maximum Gasteiger partial charge on any atom is 0.137 e. The number of hydrogen-bond acceptors (Lipinski definition) is 4. The molecule has 2 aromatic heterocycles. The van der Waals surface area contributed by atoms with Gasteiger partial charge in [0.15, 0.2) is 0 Å². The molecule has 146 valence electrons. The zero-order chi connectivity index (χ0) is 19.8. The lowest BCUT2D eigenvalue weighted by molar-refractivity contribution is 0.242. The van der Waals surface area contributed by atoms with Crippen LogP contribution in [0.5, 0.6) is 5.75 Å². The smallest absolute Gasteiger partial charge is 0.137 e. The third kappa shape index (κ3) is 3.34. The Morgan fingerprint density at radius 1 is 1.00 bits per heavy atom. The molecule has 0 saturated carbocycles. The van der Waals surface area contributed by atoms with E-state index >= 15 is 0 Å². The van der Waals surface area contributed by atoms with Crippen LogP contribution in [-0.2, 0) is 19.5 Å². The minimum Gasteiger partial charge on any atom is -0.497 e.